The molecule has 1 aliphatic carbocycles. The number of ether oxygens (including phenoxy) is 6. The van der Waals surface area contributed by atoms with E-state index in [9.17, 15) is 29.1 Å². The van der Waals surface area contributed by atoms with Crippen molar-refractivity contribution < 1.29 is 47.9 Å². The summed E-state index contributed by atoms with van der Waals surface area (Å²) in [6, 6.07) is 41.0. The number of unbranched alkanes of at least 4 members (excludes halogenated alkanes) is 3. The van der Waals surface area contributed by atoms with Crippen molar-refractivity contribution in [1.82, 2.24) is 20.2 Å². The molecule has 2 amide bonds. The fourth-order valence-corrected chi connectivity index (χ4v) is 9.39. The van der Waals surface area contributed by atoms with Crippen molar-refractivity contribution in [3.63, 3.8) is 0 Å². The quantitative estimate of drug-likeness (QED) is 0.0233. The number of nitrogens with one attached hydrogen (secondary N) is 3. The van der Waals surface area contributed by atoms with Crippen LogP contribution in [-0.4, -0.2) is 92.0 Å². The van der Waals surface area contributed by atoms with Crippen LogP contribution in [-0.2, 0) is 34.1 Å². The second-order valence-electron chi connectivity index (χ2n) is 17.9. The minimum Gasteiger partial charge on any atom is -0.497 e. The van der Waals surface area contributed by atoms with Gasteiger partial charge >= 0.3 is 11.8 Å². The molecule has 16 nitrogen and oxygen atoms in total. The number of hydrogen-bond acceptors (Lipinski definition) is 12. The van der Waals surface area contributed by atoms with Gasteiger partial charge in [-0.05, 0) is 82.5 Å². The van der Waals surface area contributed by atoms with Crippen LogP contribution in [0.3, 0.4) is 0 Å². The maximum Gasteiger partial charge on any atom is 0.508 e. The molecule has 16 heteroatoms. The maximum atomic E-state index is 13.1. The molecule has 1 saturated heterocycles. The number of benzene rings is 5. The highest BCUT2D eigenvalue weighted by Crippen LogP contribution is 2.45. The van der Waals surface area contributed by atoms with E-state index in [0.717, 1.165) is 58.2 Å². The zero-order chi connectivity index (χ0) is 51.9. The lowest BCUT2D eigenvalue weighted by Gasteiger charge is -2.37. The maximum absolute atomic E-state index is 13.1. The molecule has 0 radical (unpaired) electrons. The molecule has 74 heavy (non-hydrogen) atoms. The summed E-state index contributed by atoms with van der Waals surface area (Å²) in [7, 11) is 3.19. The Labute approximate surface area is 428 Å². The second kappa shape index (κ2) is 25.1. The number of aromatic amines is 1. The zero-order valence-electron chi connectivity index (χ0n) is 41.4. The highest BCUT2D eigenvalue weighted by molar-refractivity contribution is 5.83. The van der Waals surface area contributed by atoms with Gasteiger partial charge in [-0.1, -0.05) is 121 Å². The van der Waals surface area contributed by atoms with Crippen molar-refractivity contribution in [3.8, 4) is 34.5 Å². The summed E-state index contributed by atoms with van der Waals surface area (Å²) in [5.74, 6) is 6.06. The molecule has 1 aliphatic heterocycles. The van der Waals surface area contributed by atoms with Gasteiger partial charge in [-0.25, -0.2) is 9.59 Å². The Morgan fingerprint density at radius 3 is 1.93 bits per heavy atom. The smallest absolute Gasteiger partial charge is 0.497 e. The largest absolute Gasteiger partial charge is 0.508 e. The Hall–Kier alpha value is -7.97. The van der Waals surface area contributed by atoms with Gasteiger partial charge in [0, 0.05) is 37.9 Å². The molecular weight excluding hydrogens is 945 g/mol. The highest BCUT2D eigenvalue weighted by atomic mass is 16.7. The minimum absolute atomic E-state index is 0.0167. The van der Waals surface area contributed by atoms with Gasteiger partial charge in [0.1, 0.15) is 41.6 Å². The van der Waals surface area contributed by atoms with Gasteiger partial charge in [0.15, 0.2) is 0 Å². The van der Waals surface area contributed by atoms with Crippen LogP contribution in [0.2, 0.25) is 0 Å². The number of aliphatic hydroxyl groups excluding tert-OH is 1. The Kier molecular flexibility index (Phi) is 17.8. The third-order valence-electron chi connectivity index (χ3n) is 13.2. The van der Waals surface area contributed by atoms with Crippen LogP contribution in [0, 0.1) is 11.8 Å². The van der Waals surface area contributed by atoms with E-state index < -0.39 is 47.3 Å². The molecule has 0 unspecified atom stereocenters. The SMILES string of the molecule is COc1ccc(C(OC[C@H]2O[C@@H](n3cc(C#CCNC(=O)CCC(=O)NCCCCCCOC(=O)OCC4c5ccccc5-c5ccccc54)c(=O)[nH]c3=O)C[C@@H]2O)(c2ccccc2)c2ccc(OC)cc2)cc1. The zero-order valence-corrected chi connectivity index (χ0v) is 41.4. The van der Waals surface area contributed by atoms with E-state index in [1.165, 1.54) is 10.8 Å². The van der Waals surface area contributed by atoms with Gasteiger partial charge in [0.05, 0.1) is 40.1 Å². The number of H-pyrrole nitrogens is 1. The predicted octanol–water partition coefficient (Wildman–Crippen LogP) is 7.10. The summed E-state index contributed by atoms with van der Waals surface area (Å²) in [5.41, 5.74) is 4.26. The molecule has 0 saturated carbocycles. The van der Waals surface area contributed by atoms with Crippen molar-refractivity contribution in [2.75, 3.05) is 47.1 Å². The summed E-state index contributed by atoms with van der Waals surface area (Å²) >= 11 is 0. The van der Waals surface area contributed by atoms with Crippen molar-refractivity contribution in [2.45, 2.75) is 74.9 Å². The minimum atomic E-state index is -1.18. The molecule has 5 aromatic carbocycles. The summed E-state index contributed by atoms with van der Waals surface area (Å²) < 4.78 is 36.1. The molecule has 0 spiro atoms. The Bertz CT molecular complexity index is 2960. The number of carbonyl (C=O) groups is 3. The molecule has 384 valence electrons. The third-order valence-corrected chi connectivity index (χ3v) is 13.2. The van der Waals surface area contributed by atoms with Crippen molar-refractivity contribution in [3.05, 3.63) is 188 Å². The van der Waals surface area contributed by atoms with Gasteiger partial charge in [-0.15, -0.1) is 0 Å². The summed E-state index contributed by atoms with van der Waals surface area (Å²) in [6.45, 7) is 0.671. The molecule has 6 aromatic rings. The summed E-state index contributed by atoms with van der Waals surface area (Å²) in [4.78, 5) is 65.5. The van der Waals surface area contributed by atoms with E-state index in [4.69, 9.17) is 28.4 Å². The fraction of sp³-hybridized carbons (Fsp3) is 0.328. The van der Waals surface area contributed by atoms with Crippen LogP contribution in [0.5, 0.6) is 11.5 Å². The molecule has 1 aromatic heterocycles. The van der Waals surface area contributed by atoms with E-state index in [0.29, 0.717) is 24.5 Å². The van der Waals surface area contributed by atoms with Crippen LogP contribution < -0.4 is 31.4 Å². The number of nitrogens with zero attached hydrogens (tertiary/aromatic N) is 1. The number of amides is 2. The lowest BCUT2D eigenvalue weighted by atomic mass is 9.80. The van der Waals surface area contributed by atoms with E-state index >= 15 is 0 Å². The first-order valence-electron chi connectivity index (χ1n) is 24.8. The molecule has 0 bridgehead atoms. The standard InChI is InChI=1S/C58H60N4O12/c1-69-43-26-22-41(23-27-43)58(40-16-6-5-7-17-40,42-24-28-44(70-2)29-25-42)73-38-51-50(63)35-54(74-51)62-36-39(55(66)61-56(62)67)15-14-33-60-53(65)31-30-52(64)59-32-12-3-4-13-34-71-57(68)72-37-49-47-20-10-8-18-45(47)46-19-9-11-21-48(46)49/h5-11,16-29,36,49-51,54,63H,3-4,12-13,30-35,37-38H2,1-2H3,(H,59,64)(H,60,65)(H,61,66,67)/t50-,51+,54+/m0/s1. The summed E-state index contributed by atoms with van der Waals surface area (Å²) in [5, 5.41) is 16.8. The van der Waals surface area contributed by atoms with Crippen LogP contribution in [0.15, 0.2) is 143 Å². The number of aliphatic hydroxyl groups is 1. The topological polar surface area (TPSA) is 206 Å². The predicted molar refractivity (Wildman–Crippen MR) is 276 cm³/mol. The number of carbonyl (C=O) groups excluding carboxylic acids is 3. The first-order valence-corrected chi connectivity index (χ1v) is 24.8. The van der Waals surface area contributed by atoms with Crippen LogP contribution >= 0.6 is 0 Å². The van der Waals surface area contributed by atoms with Crippen LogP contribution in [0.1, 0.15) is 90.5 Å². The summed E-state index contributed by atoms with van der Waals surface area (Å²) in [6.07, 6.45) is 0.604. The Morgan fingerprint density at radius 2 is 1.30 bits per heavy atom. The van der Waals surface area contributed by atoms with Crippen molar-refractivity contribution in [2.24, 2.45) is 0 Å². The van der Waals surface area contributed by atoms with Gasteiger partial charge in [0.2, 0.25) is 11.8 Å². The molecule has 3 atom stereocenters. The number of methoxy groups -OCH3 is 2. The fourth-order valence-electron chi connectivity index (χ4n) is 9.39. The van der Waals surface area contributed by atoms with E-state index in [-0.39, 0.29) is 63.0 Å². The van der Waals surface area contributed by atoms with Gasteiger partial charge in [-0.2, -0.15) is 0 Å². The lowest BCUT2D eigenvalue weighted by molar-refractivity contribution is -0.126. The number of aromatic nitrogens is 2. The van der Waals surface area contributed by atoms with Gasteiger partial charge < -0.3 is 44.2 Å². The molecule has 1 fully saturated rings. The van der Waals surface area contributed by atoms with Gasteiger partial charge in [0.25, 0.3) is 5.56 Å². The molecule has 8 rings (SSSR count). The first kappa shape index (κ1) is 52.4. The Balaban J connectivity index is 0.753. The van der Waals surface area contributed by atoms with E-state index in [1.54, 1.807) is 14.2 Å². The average Bonchev–Trinajstić information content (AvgIpc) is 3.96. The average molecular weight is 1010 g/mol. The molecular formula is C58H60N4O12. The number of rotatable bonds is 22. The van der Waals surface area contributed by atoms with Gasteiger partial charge in [-0.3, -0.25) is 23.9 Å². The van der Waals surface area contributed by atoms with Crippen LogP contribution in [0.4, 0.5) is 4.79 Å². The number of hydrogen-bond donors (Lipinski definition) is 4. The van der Waals surface area contributed by atoms with Crippen molar-refractivity contribution >= 4 is 18.0 Å². The first-order chi connectivity index (χ1) is 36.1. The van der Waals surface area contributed by atoms with Crippen molar-refractivity contribution in [1.29, 1.82) is 0 Å². The molecule has 2 heterocycles. The molecule has 2 aliphatic rings. The van der Waals surface area contributed by atoms with Crippen LogP contribution in [0.25, 0.3) is 11.1 Å². The Morgan fingerprint density at radius 1 is 0.716 bits per heavy atom. The lowest BCUT2D eigenvalue weighted by Crippen LogP contribution is -2.38. The monoisotopic (exact) mass is 1000 g/mol. The second-order valence-corrected chi connectivity index (χ2v) is 17.9. The van der Waals surface area contributed by atoms with E-state index in [1.807, 2.05) is 103 Å². The normalized spacial score (nSPS) is 15.7. The molecule has 4 N–H and O–H groups in total. The highest BCUT2D eigenvalue weighted by Gasteiger charge is 2.42. The van der Waals surface area contributed by atoms with E-state index in [2.05, 4.69) is 51.7 Å². The third kappa shape index (κ3) is 12.6. The number of fused-ring (bicyclic) bond motifs is 3.